The Bertz CT molecular complexity index is 233. The molecule has 0 amide bonds. The van der Waals surface area contributed by atoms with Crippen molar-refractivity contribution in [3.8, 4) is 0 Å². The number of hydrogen-bond donors (Lipinski definition) is 0. The van der Waals surface area contributed by atoms with Crippen LogP contribution in [0.3, 0.4) is 0 Å². The van der Waals surface area contributed by atoms with Crippen molar-refractivity contribution in [3.05, 3.63) is 11.6 Å². The molecule has 2 heteroatoms. The van der Waals surface area contributed by atoms with E-state index in [4.69, 9.17) is 0 Å². The van der Waals surface area contributed by atoms with E-state index >= 15 is 0 Å². The lowest BCUT2D eigenvalue weighted by atomic mass is 9.73. The predicted octanol–water partition coefficient (Wildman–Crippen LogP) is 1.51. The van der Waals surface area contributed by atoms with E-state index in [9.17, 15) is 9.90 Å². The first kappa shape index (κ1) is 10.3. The molecule has 0 fully saturated rings. The number of carboxylic acids is 1. The van der Waals surface area contributed by atoms with E-state index in [0.29, 0.717) is 17.9 Å². The summed E-state index contributed by atoms with van der Waals surface area (Å²) in [4.78, 5) is 10.5. The van der Waals surface area contributed by atoms with Gasteiger partial charge in [-0.3, -0.25) is 0 Å². The van der Waals surface area contributed by atoms with Crippen LogP contribution in [0, 0.1) is 11.3 Å². The van der Waals surface area contributed by atoms with Gasteiger partial charge in [-0.25, -0.2) is 0 Å². The number of carbonyl (C=O) groups is 1. The Kier molecular flexibility index (Phi) is 2.79. The average Bonchev–Trinajstić information content (AvgIpc) is 2.03. The minimum Gasteiger partial charge on any atom is -0.545 e. The fraction of sp³-hybridized carbons (Fsp3) is 0.727. The molecule has 0 aromatic heterocycles. The zero-order valence-electron chi connectivity index (χ0n) is 8.59. The maximum atomic E-state index is 10.5. The Labute approximate surface area is 79.6 Å². The molecule has 0 spiro atoms. The highest BCUT2D eigenvalue weighted by molar-refractivity contribution is 5.84. The van der Waals surface area contributed by atoms with Crippen molar-refractivity contribution < 1.29 is 9.90 Å². The van der Waals surface area contributed by atoms with Crippen molar-refractivity contribution in [2.24, 2.45) is 11.3 Å². The van der Waals surface area contributed by atoms with Crippen molar-refractivity contribution in [2.75, 3.05) is 0 Å². The van der Waals surface area contributed by atoms with Gasteiger partial charge < -0.3 is 9.90 Å². The van der Waals surface area contributed by atoms with E-state index in [1.807, 2.05) is 6.08 Å². The molecule has 0 bridgehead atoms. The van der Waals surface area contributed by atoms with Crippen molar-refractivity contribution in [3.63, 3.8) is 0 Å². The van der Waals surface area contributed by atoms with Gasteiger partial charge in [0, 0.05) is 0 Å². The van der Waals surface area contributed by atoms with Crippen LogP contribution in [-0.4, -0.2) is 5.97 Å². The van der Waals surface area contributed by atoms with Crippen LogP contribution in [0.15, 0.2) is 11.6 Å². The molecule has 0 N–H and O–H groups in total. The molecule has 0 aromatic carbocycles. The first-order chi connectivity index (χ1) is 5.91. The molecule has 0 radical (unpaired) electrons. The first-order valence-electron chi connectivity index (χ1n) is 4.81. The zero-order chi connectivity index (χ0) is 10.1. The van der Waals surface area contributed by atoms with Crippen molar-refractivity contribution in [1.82, 2.24) is 0 Å². The summed E-state index contributed by atoms with van der Waals surface area (Å²) in [6.07, 6.45) is 4.36. The molecule has 1 rings (SSSR count). The lowest BCUT2D eigenvalue weighted by Gasteiger charge is -2.33. The molecule has 1 aliphatic carbocycles. The summed E-state index contributed by atoms with van der Waals surface area (Å²) in [6, 6.07) is 0. The van der Waals surface area contributed by atoms with Gasteiger partial charge in [0.25, 0.3) is 0 Å². The van der Waals surface area contributed by atoms with Crippen LogP contribution in [0.2, 0.25) is 0 Å². The topological polar surface area (TPSA) is 40.1 Å². The van der Waals surface area contributed by atoms with E-state index in [1.54, 1.807) is 0 Å². The maximum absolute atomic E-state index is 10.5. The minimum absolute atomic E-state index is 0.286. The zero-order valence-corrected chi connectivity index (χ0v) is 8.59. The summed E-state index contributed by atoms with van der Waals surface area (Å²) in [5, 5.41) is 10.5. The van der Waals surface area contributed by atoms with Gasteiger partial charge in [0.2, 0.25) is 0 Å². The summed E-state index contributed by atoms with van der Waals surface area (Å²) in [7, 11) is 0. The highest BCUT2D eigenvalue weighted by Gasteiger charge is 2.26. The van der Waals surface area contributed by atoms with Gasteiger partial charge in [0.15, 0.2) is 0 Å². The van der Waals surface area contributed by atoms with E-state index in [2.05, 4.69) is 20.8 Å². The molecular formula is C11H17O2-. The van der Waals surface area contributed by atoms with Crippen molar-refractivity contribution in [1.29, 1.82) is 0 Å². The van der Waals surface area contributed by atoms with E-state index in [0.717, 1.165) is 12.8 Å². The molecule has 1 aliphatic rings. The van der Waals surface area contributed by atoms with Gasteiger partial charge in [-0.15, -0.1) is 0 Å². The van der Waals surface area contributed by atoms with Gasteiger partial charge in [-0.2, -0.15) is 0 Å². The highest BCUT2D eigenvalue weighted by Crippen LogP contribution is 2.36. The lowest BCUT2D eigenvalue weighted by molar-refractivity contribution is -0.299. The van der Waals surface area contributed by atoms with Gasteiger partial charge in [0.1, 0.15) is 0 Å². The molecule has 0 aromatic rings. The van der Waals surface area contributed by atoms with Crippen LogP contribution in [0.4, 0.5) is 0 Å². The molecule has 13 heavy (non-hydrogen) atoms. The largest absolute Gasteiger partial charge is 0.545 e. The smallest absolute Gasteiger partial charge is 0.0671 e. The monoisotopic (exact) mass is 181 g/mol. The SMILES string of the molecule is CC(C)(C)[C@@H]1CC=C(C(=O)[O-])CC1. The van der Waals surface area contributed by atoms with Gasteiger partial charge in [0.05, 0.1) is 5.97 Å². The second-order valence-electron chi connectivity index (χ2n) is 4.85. The summed E-state index contributed by atoms with van der Waals surface area (Å²) < 4.78 is 0. The molecule has 0 aliphatic heterocycles. The van der Waals surface area contributed by atoms with E-state index < -0.39 is 5.97 Å². The second-order valence-corrected chi connectivity index (χ2v) is 4.85. The fourth-order valence-corrected chi connectivity index (χ4v) is 1.81. The number of allylic oxidation sites excluding steroid dienone is 1. The normalized spacial score (nSPS) is 23.9. The Morgan fingerprint density at radius 3 is 2.46 bits per heavy atom. The summed E-state index contributed by atoms with van der Waals surface area (Å²) in [5.41, 5.74) is 0.772. The summed E-state index contributed by atoms with van der Waals surface area (Å²) in [6.45, 7) is 6.61. The third kappa shape index (κ3) is 2.58. The third-order valence-electron chi connectivity index (χ3n) is 2.90. The molecule has 0 unspecified atom stereocenters. The van der Waals surface area contributed by atoms with Crippen LogP contribution in [-0.2, 0) is 4.79 Å². The quantitative estimate of drug-likeness (QED) is 0.615. The molecule has 0 saturated carbocycles. The molecule has 1 atom stereocenters. The van der Waals surface area contributed by atoms with Crippen molar-refractivity contribution in [2.45, 2.75) is 40.0 Å². The van der Waals surface area contributed by atoms with Crippen molar-refractivity contribution >= 4 is 5.97 Å². The van der Waals surface area contributed by atoms with Crippen LogP contribution in [0.1, 0.15) is 40.0 Å². The maximum Gasteiger partial charge on any atom is 0.0671 e. The third-order valence-corrected chi connectivity index (χ3v) is 2.90. The average molecular weight is 181 g/mol. The minimum atomic E-state index is -0.993. The lowest BCUT2D eigenvalue weighted by Crippen LogP contribution is -2.29. The van der Waals surface area contributed by atoms with E-state index in [1.165, 1.54) is 0 Å². The van der Waals surface area contributed by atoms with Crippen LogP contribution in [0.5, 0.6) is 0 Å². The van der Waals surface area contributed by atoms with Gasteiger partial charge in [-0.1, -0.05) is 26.8 Å². The Morgan fingerprint density at radius 2 is 2.15 bits per heavy atom. The van der Waals surface area contributed by atoms with Crippen LogP contribution in [0.25, 0.3) is 0 Å². The van der Waals surface area contributed by atoms with Crippen LogP contribution >= 0.6 is 0 Å². The predicted molar refractivity (Wildman–Crippen MR) is 49.9 cm³/mol. The van der Waals surface area contributed by atoms with Gasteiger partial charge in [-0.05, 0) is 36.2 Å². The number of hydrogen-bond acceptors (Lipinski definition) is 2. The molecular weight excluding hydrogens is 164 g/mol. The standard InChI is InChI=1S/C11H18O2/c1-11(2,3)9-6-4-8(5-7-9)10(12)13/h4,9H,5-7H2,1-3H3,(H,12,13)/p-1/t9-/m1/s1. The molecule has 0 heterocycles. The molecule has 74 valence electrons. The summed E-state index contributed by atoms with van der Waals surface area (Å²) in [5.74, 6) is -0.386. The number of rotatable bonds is 1. The van der Waals surface area contributed by atoms with Gasteiger partial charge >= 0.3 is 0 Å². The first-order valence-corrected chi connectivity index (χ1v) is 4.81. The fourth-order valence-electron chi connectivity index (χ4n) is 1.81. The molecule has 2 nitrogen and oxygen atoms in total. The Morgan fingerprint density at radius 1 is 1.54 bits per heavy atom. The number of carbonyl (C=O) groups excluding carboxylic acids is 1. The highest BCUT2D eigenvalue weighted by atomic mass is 16.4. The Hall–Kier alpha value is -0.790. The Balaban J connectivity index is 2.61. The number of aliphatic carboxylic acids is 1. The summed E-state index contributed by atoms with van der Waals surface area (Å²) >= 11 is 0. The molecule has 0 saturated heterocycles. The van der Waals surface area contributed by atoms with Crippen LogP contribution < -0.4 is 5.11 Å². The number of carboxylic acid groups (broad SMARTS) is 1. The second kappa shape index (κ2) is 3.52. The van der Waals surface area contributed by atoms with E-state index in [-0.39, 0.29) is 5.41 Å².